The Morgan fingerprint density at radius 2 is 1.77 bits per heavy atom. The molecule has 4 rings (SSSR count). The SMILES string of the molecule is NC(=O)C1CC(C(=O)Nc2ccnn2Cc2c(Cl)cccc2Cl)=NN1c1ccccc1. The maximum atomic E-state index is 12.9. The third-order valence-corrected chi connectivity index (χ3v) is 5.56. The monoisotopic (exact) mass is 456 g/mol. The van der Waals surface area contributed by atoms with Gasteiger partial charge in [0.15, 0.2) is 0 Å². The second kappa shape index (κ2) is 8.79. The molecule has 0 spiro atoms. The van der Waals surface area contributed by atoms with Gasteiger partial charge in [-0.05, 0) is 24.3 Å². The maximum Gasteiger partial charge on any atom is 0.273 e. The van der Waals surface area contributed by atoms with E-state index in [4.69, 9.17) is 28.9 Å². The van der Waals surface area contributed by atoms with Crippen LogP contribution in [-0.4, -0.2) is 33.3 Å². The third kappa shape index (κ3) is 4.40. The minimum atomic E-state index is -0.741. The Bertz CT molecular complexity index is 1140. The summed E-state index contributed by atoms with van der Waals surface area (Å²) < 4.78 is 1.57. The van der Waals surface area contributed by atoms with Crippen LogP contribution in [0.25, 0.3) is 0 Å². The van der Waals surface area contributed by atoms with E-state index in [2.05, 4.69) is 15.5 Å². The normalized spacial score (nSPS) is 15.6. The number of carbonyl (C=O) groups is 2. The first-order chi connectivity index (χ1) is 14.9. The van der Waals surface area contributed by atoms with Crippen LogP contribution in [0.5, 0.6) is 0 Å². The van der Waals surface area contributed by atoms with E-state index in [1.807, 2.05) is 18.2 Å². The van der Waals surface area contributed by atoms with Crippen molar-refractivity contribution in [1.29, 1.82) is 0 Å². The second-order valence-corrected chi connectivity index (χ2v) is 7.69. The molecule has 0 saturated carbocycles. The second-order valence-electron chi connectivity index (χ2n) is 6.88. The van der Waals surface area contributed by atoms with Gasteiger partial charge in [0.1, 0.15) is 17.6 Å². The van der Waals surface area contributed by atoms with Gasteiger partial charge < -0.3 is 11.1 Å². The molecule has 0 fully saturated rings. The summed E-state index contributed by atoms with van der Waals surface area (Å²) in [6, 6.07) is 15.2. The van der Waals surface area contributed by atoms with E-state index in [9.17, 15) is 9.59 Å². The van der Waals surface area contributed by atoms with Gasteiger partial charge in [0.2, 0.25) is 5.91 Å². The molecule has 2 amide bonds. The number of benzene rings is 2. The van der Waals surface area contributed by atoms with Crippen LogP contribution in [0, 0.1) is 0 Å². The lowest BCUT2D eigenvalue weighted by Crippen LogP contribution is -2.39. The molecule has 2 heterocycles. The molecule has 1 atom stereocenters. The molecule has 3 N–H and O–H groups in total. The van der Waals surface area contributed by atoms with Gasteiger partial charge in [-0.15, -0.1) is 0 Å². The molecule has 0 bridgehead atoms. The highest BCUT2D eigenvalue weighted by Crippen LogP contribution is 2.27. The summed E-state index contributed by atoms with van der Waals surface area (Å²) in [7, 11) is 0. The van der Waals surface area contributed by atoms with E-state index in [0.717, 1.165) is 0 Å². The van der Waals surface area contributed by atoms with Crippen LogP contribution < -0.4 is 16.1 Å². The summed E-state index contributed by atoms with van der Waals surface area (Å²) in [6.45, 7) is 0.271. The number of nitrogens with two attached hydrogens (primary N) is 1. The summed E-state index contributed by atoms with van der Waals surface area (Å²) >= 11 is 12.5. The first-order valence-electron chi connectivity index (χ1n) is 9.41. The lowest BCUT2D eigenvalue weighted by Gasteiger charge is -2.20. The molecule has 0 saturated heterocycles. The van der Waals surface area contributed by atoms with Gasteiger partial charge in [-0.1, -0.05) is 47.5 Å². The van der Waals surface area contributed by atoms with Gasteiger partial charge in [-0.2, -0.15) is 10.2 Å². The largest absolute Gasteiger partial charge is 0.368 e. The molecule has 2 aromatic carbocycles. The Morgan fingerprint density at radius 1 is 1.06 bits per heavy atom. The molecule has 0 aliphatic carbocycles. The fourth-order valence-corrected chi connectivity index (χ4v) is 3.79. The zero-order valence-electron chi connectivity index (χ0n) is 16.2. The summed E-state index contributed by atoms with van der Waals surface area (Å²) in [4.78, 5) is 24.8. The molecule has 31 heavy (non-hydrogen) atoms. The number of halogens is 2. The summed E-state index contributed by atoms with van der Waals surface area (Å²) in [6.07, 6.45) is 1.65. The fourth-order valence-electron chi connectivity index (χ4n) is 3.27. The molecule has 158 valence electrons. The van der Waals surface area contributed by atoms with E-state index >= 15 is 0 Å². The minimum absolute atomic E-state index is 0.0978. The first kappa shape index (κ1) is 20.9. The molecule has 10 heteroatoms. The number of amides is 2. The number of hydrazone groups is 1. The van der Waals surface area contributed by atoms with Crippen LogP contribution in [-0.2, 0) is 16.1 Å². The van der Waals surface area contributed by atoms with Crippen molar-refractivity contribution in [1.82, 2.24) is 9.78 Å². The zero-order chi connectivity index (χ0) is 22.0. The maximum absolute atomic E-state index is 12.9. The average molecular weight is 457 g/mol. The van der Waals surface area contributed by atoms with Crippen LogP contribution in [0.15, 0.2) is 65.9 Å². The molecular weight excluding hydrogens is 439 g/mol. The number of anilines is 2. The molecule has 3 aromatic rings. The zero-order valence-corrected chi connectivity index (χ0v) is 17.7. The Balaban J connectivity index is 1.54. The van der Waals surface area contributed by atoms with Gasteiger partial charge in [-0.3, -0.25) is 14.6 Å². The molecular formula is C21H18Cl2N6O2. The van der Waals surface area contributed by atoms with Crippen molar-refractivity contribution >= 4 is 52.2 Å². The van der Waals surface area contributed by atoms with Gasteiger partial charge >= 0.3 is 0 Å². The fraction of sp³-hybridized carbons (Fsp3) is 0.143. The first-order valence-corrected chi connectivity index (χ1v) is 10.2. The molecule has 1 unspecified atom stereocenters. The van der Waals surface area contributed by atoms with Crippen molar-refractivity contribution in [3.8, 4) is 0 Å². The number of rotatable bonds is 6. The van der Waals surface area contributed by atoms with Crippen molar-refractivity contribution < 1.29 is 9.59 Å². The molecule has 1 aliphatic heterocycles. The van der Waals surface area contributed by atoms with Crippen molar-refractivity contribution in [2.45, 2.75) is 19.0 Å². The minimum Gasteiger partial charge on any atom is -0.368 e. The predicted octanol–water partition coefficient (Wildman–Crippen LogP) is 3.30. The number of hydrogen-bond acceptors (Lipinski definition) is 5. The number of carbonyl (C=O) groups excluding carboxylic acids is 2. The highest BCUT2D eigenvalue weighted by Gasteiger charge is 2.35. The Labute approximate surface area is 188 Å². The highest BCUT2D eigenvalue weighted by molar-refractivity contribution is 6.44. The summed E-state index contributed by atoms with van der Waals surface area (Å²) in [5.41, 5.74) is 7.09. The Morgan fingerprint density at radius 3 is 2.45 bits per heavy atom. The quantitative estimate of drug-likeness (QED) is 0.593. The standard InChI is InChI=1S/C21H18Cl2N6O2/c22-15-7-4-8-16(23)14(15)12-28-19(9-10-25-28)26-21(31)17-11-18(20(24)30)29(27-17)13-5-2-1-3-6-13/h1-10,18H,11-12H2,(H2,24,30)(H,26,31). The van der Waals surface area contributed by atoms with Crippen molar-refractivity contribution in [2.24, 2.45) is 10.8 Å². The van der Waals surface area contributed by atoms with Crippen LogP contribution in [0.4, 0.5) is 11.5 Å². The van der Waals surface area contributed by atoms with Gasteiger partial charge in [-0.25, -0.2) is 4.68 Å². The Hall–Kier alpha value is -3.36. The number of nitrogens with zero attached hydrogens (tertiary/aromatic N) is 4. The van der Waals surface area contributed by atoms with Crippen LogP contribution >= 0.6 is 23.2 Å². The number of aromatic nitrogens is 2. The van der Waals surface area contributed by atoms with E-state index in [1.165, 1.54) is 5.01 Å². The van der Waals surface area contributed by atoms with E-state index in [-0.39, 0.29) is 18.7 Å². The van der Waals surface area contributed by atoms with Gasteiger partial charge in [0.05, 0.1) is 18.4 Å². The van der Waals surface area contributed by atoms with E-state index < -0.39 is 17.9 Å². The number of primary amides is 1. The van der Waals surface area contributed by atoms with Crippen LogP contribution in [0.2, 0.25) is 10.0 Å². The highest BCUT2D eigenvalue weighted by atomic mass is 35.5. The van der Waals surface area contributed by atoms with Crippen LogP contribution in [0.1, 0.15) is 12.0 Å². The lowest BCUT2D eigenvalue weighted by atomic mass is 10.1. The molecule has 1 aliphatic rings. The average Bonchev–Trinajstić information content (AvgIpc) is 3.39. The van der Waals surface area contributed by atoms with E-state index in [0.29, 0.717) is 27.1 Å². The summed E-state index contributed by atoms with van der Waals surface area (Å²) in [5.74, 6) is -0.567. The van der Waals surface area contributed by atoms with Gasteiger partial charge in [0.25, 0.3) is 5.91 Å². The predicted molar refractivity (Wildman–Crippen MR) is 120 cm³/mol. The topological polar surface area (TPSA) is 106 Å². The van der Waals surface area contributed by atoms with Gasteiger partial charge in [0, 0.05) is 28.1 Å². The molecule has 1 aromatic heterocycles. The smallest absolute Gasteiger partial charge is 0.273 e. The third-order valence-electron chi connectivity index (χ3n) is 4.85. The number of hydrogen-bond donors (Lipinski definition) is 2. The Kier molecular flexibility index (Phi) is 5.92. The lowest BCUT2D eigenvalue weighted by molar-refractivity contribution is -0.119. The van der Waals surface area contributed by atoms with Crippen molar-refractivity contribution in [2.75, 3.05) is 10.3 Å². The number of para-hydroxylation sites is 1. The van der Waals surface area contributed by atoms with Crippen molar-refractivity contribution in [3.63, 3.8) is 0 Å². The van der Waals surface area contributed by atoms with E-state index in [1.54, 1.807) is 47.3 Å². The van der Waals surface area contributed by atoms with Crippen molar-refractivity contribution in [3.05, 3.63) is 76.4 Å². The van der Waals surface area contributed by atoms with Crippen LogP contribution in [0.3, 0.4) is 0 Å². The summed E-state index contributed by atoms with van der Waals surface area (Å²) in [5, 5.41) is 13.9. The molecule has 8 nitrogen and oxygen atoms in total. The molecule has 0 radical (unpaired) electrons. The number of nitrogens with one attached hydrogen (secondary N) is 1.